The Kier molecular flexibility index (Phi) is 8.27. The molecule has 0 saturated heterocycles. The van der Waals surface area contributed by atoms with E-state index in [4.69, 9.17) is 19.9 Å². The first-order valence-corrected chi connectivity index (χ1v) is 20.4. The van der Waals surface area contributed by atoms with E-state index < -0.39 is 0 Å². The topological polar surface area (TPSA) is 61.4 Å². The molecule has 6 nitrogen and oxygen atoms in total. The molecular formula is C54H40N6. The Hall–Kier alpha value is -7.70. The molecule has 0 aliphatic carbocycles. The molecule has 7 aromatic carbocycles. The molecule has 11 aromatic rings. The SMILES string of the molecule is Cc1ccc2c(c1)c1cc(C)ccc1n2-c1ccncc1-c1ccc(-c2nc(-c3ccccc3)nc(-c3ccccc3)n2)cc1-n1c2ccc(C)cc2c2cc(C)ccc21. The van der Waals surface area contributed by atoms with Crippen LogP contribution in [-0.2, 0) is 0 Å². The van der Waals surface area contributed by atoms with Crippen molar-refractivity contribution >= 4 is 43.6 Å². The fourth-order valence-electron chi connectivity index (χ4n) is 8.83. The van der Waals surface area contributed by atoms with Crippen LogP contribution >= 0.6 is 0 Å². The molecule has 11 rings (SSSR count). The van der Waals surface area contributed by atoms with Crippen molar-refractivity contribution in [2.75, 3.05) is 0 Å². The Balaban J connectivity index is 1.22. The second-order valence-electron chi connectivity index (χ2n) is 15.9. The molecule has 0 radical (unpaired) electrons. The maximum atomic E-state index is 5.16. The minimum atomic E-state index is 0.600. The van der Waals surface area contributed by atoms with Crippen molar-refractivity contribution in [3.8, 4) is 56.7 Å². The van der Waals surface area contributed by atoms with Crippen LogP contribution in [0.1, 0.15) is 22.3 Å². The minimum Gasteiger partial charge on any atom is -0.309 e. The molecule has 0 aliphatic rings. The zero-order valence-electron chi connectivity index (χ0n) is 33.8. The van der Waals surface area contributed by atoms with E-state index in [1.165, 1.54) is 43.8 Å². The summed E-state index contributed by atoms with van der Waals surface area (Å²) in [7, 11) is 0. The third-order valence-electron chi connectivity index (χ3n) is 11.7. The summed E-state index contributed by atoms with van der Waals surface area (Å²) in [6.07, 6.45) is 3.92. The van der Waals surface area contributed by atoms with Gasteiger partial charge in [-0.15, -0.1) is 0 Å². The second kappa shape index (κ2) is 14.0. The van der Waals surface area contributed by atoms with Gasteiger partial charge in [0.1, 0.15) is 0 Å². The van der Waals surface area contributed by atoms with E-state index in [2.05, 4.69) is 134 Å². The van der Waals surface area contributed by atoms with Crippen molar-refractivity contribution in [1.29, 1.82) is 0 Å². The van der Waals surface area contributed by atoms with Crippen LogP contribution in [0.25, 0.3) is 100 Å². The zero-order valence-corrected chi connectivity index (χ0v) is 33.8. The van der Waals surface area contributed by atoms with Gasteiger partial charge in [0, 0.05) is 61.8 Å². The number of fused-ring (bicyclic) bond motifs is 6. The monoisotopic (exact) mass is 772 g/mol. The predicted molar refractivity (Wildman–Crippen MR) is 247 cm³/mol. The summed E-state index contributed by atoms with van der Waals surface area (Å²) in [5, 5.41) is 4.89. The molecule has 0 N–H and O–H groups in total. The quantitative estimate of drug-likeness (QED) is 0.169. The van der Waals surface area contributed by atoms with Crippen molar-refractivity contribution < 1.29 is 0 Å². The molecule has 0 spiro atoms. The lowest BCUT2D eigenvalue weighted by Crippen LogP contribution is -2.04. The molecule has 0 aliphatic heterocycles. The lowest BCUT2D eigenvalue weighted by molar-refractivity contribution is 1.07. The Labute approximate surface area is 348 Å². The summed E-state index contributed by atoms with van der Waals surface area (Å²) < 4.78 is 4.82. The first kappa shape index (κ1) is 35.5. The summed E-state index contributed by atoms with van der Waals surface area (Å²) in [4.78, 5) is 20.1. The van der Waals surface area contributed by atoms with Gasteiger partial charge in [-0.1, -0.05) is 119 Å². The maximum Gasteiger partial charge on any atom is 0.164 e. The number of nitrogens with zero attached hydrogens (tertiary/aromatic N) is 6. The first-order valence-electron chi connectivity index (χ1n) is 20.4. The lowest BCUT2D eigenvalue weighted by Gasteiger charge is -2.19. The van der Waals surface area contributed by atoms with E-state index in [1.807, 2.05) is 73.1 Å². The molecule has 0 bridgehead atoms. The van der Waals surface area contributed by atoms with Crippen molar-refractivity contribution in [3.05, 3.63) is 192 Å². The molecule has 60 heavy (non-hydrogen) atoms. The van der Waals surface area contributed by atoms with Gasteiger partial charge in [-0.3, -0.25) is 4.98 Å². The number of hydrogen-bond acceptors (Lipinski definition) is 4. The van der Waals surface area contributed by atoms with E-state index in [-0.39, 0.29) is 0 Å². The number of pyridine rings is 1. The zero-order chi connectivity index (χ0) is 40.5. The number of rotatable bonds is 6. The summed E-state index contributed by atoms with van der Waals surface area (Å²) in [5.74, 6) is 1.85. The maximum absolute atomic E-state index is 5.16. The predicted octanol–water partition coefficient (Wildman–Crippen LogP) is 13.4. The van der Waals surface area contributed by atoms with Crippen LogP contribution in [0.5, 0.6) is 0 Å². The highest BCUT2D eigenvalue weighted by atomic mass is 15.0. The highest BCUT2D eigenvalue weighted by molar-refractivity contribution is 6.12. The van der Waals surface area contributed by atoms with Gasteiger partial charge in [0.2, 0.25) is 0 Å². The molecule has 4 heterocycles. The number of aryl methyl sites for hydroxylation is 4. The van der Waals surface area contributed by atoms with Gasteiger partial charge in [0.15, 0.2) is 17.5 Å². The Morgan fingerprint density at radius 3 is 1.22 bits per heavy atom. The van der Waals surface area contributed by atoms with Crippen LogP contribution in [-0.4, -0.2) is 29.1 Å². The van der Waals surface area contributed by atoms with Gasteiger partial charge in [-0.05, 0) is 88.4 Å². The van der Waals surface area contributed by atoms with E-state index in [0.717, 1.165) is 61.3 Å². The number of aromatic nitrogens is 6. The molecule has 286 valence electrons. The summed E-state index contributed by atoms with van der Waals surface area (Å²) >= 11 is 0. The average molecular weight is 773 g/mol. The largest absolute Gasteiger partial charge is 0.309 e. The van der Waals surface area contributed by atoms with E-state index in [0.29, 0.717) is 17.5 Å². The van der Waals surface area contributed by atoms with Crippen LogP contribution in [0, 0.1) is 27.7 Å². The molecule has 6 heteroatoms. The molecule has 4 aromatic heterocycles. The highest BCUT2D eigenvalue weighted by Crippen LogP contribution is 2.42. The van der Waals surface area contributed by atoms with Crippen molar-refractivity contribution in [2.45, 2.75) is 27.7 Å². The number of hydrogen-bond donors (Lipinski definition) is 0. The molecule has 0 unspecified atom stereocenters. The smallest absolute Gasteiger partial charge is 0.164 e. The Morgan fingerprint density at radius 1 is 0.350 bits per heavy atom. The van der Waals surface area contributed by atoms with Crippen LogP contribution in [0.15, 0.2) is 170 Å². The molecule has 0 saturated carbocycles. The average Bonchev–Trinajstić information content (AvgIpc) is 3.77. The highest BCUT2D eigenvalue weighted by Gasteiger charge is 2.23. The van der Waals surface area contributed by atoms with Gasteiger partial charge >= 0.3 is 0 Å². The summed E-state index contributed by atoms with van der Waals surface area (Å²) in [5.41, 5.74) is 16.3. The van der Waals surface area contributed by atoms with Crippen LogP contribution < -0.4 is 0 Å². The summed E-state index contributed by atoms with van der Waals surface area (Å²) in [6, 6.07) is 56.1. The van der Waals surface area contributed by atoms with Gasteiger partial charge in [-0.25, -0.2) is 15.0 Å². The fourth-order valence-corrected chi connectivity index (χ4v) is 8.83. The molecule has 0 atom stereocenters. The van der Waals surface area contributed by atoms with Crippen LogP contribution in [0.4, 0.5) is 0 Å². The fraction of sp³-hybridized carbons (Fsp3) is 0.0741. The van der Waals surface area contributed by atoms with Crippen LogP contribution in [0.3, 0.4) is 0 Å². The lowest BCUT2D eigenvalue weighted by atomic mass is 10.00. The van der Waals surface area contributed by atoms with Crippen LogP contribution in [0.2, 0.25) is 0 Å². The van der Waals surface area contributed by atoms with E-state index in [9.17, 15) is 0 Å². The molecule has 0 amide bonds. The van der Waals surface area contributed by atoms with E-state index >= 15 is 0 Å². The Bertz CT molecular complexity index is 3290. The van der Waals surface area contributed by atoms with E-state index in [1.54, 1.807) is 0 Å². The second-order valence-corrected chi connectivity index (χ2v) is 15.9. The normalized spacial score (nSPS) is 11.7. The Morgan fingerprint density at radius 2 is 0.767 bits per heavy atom. The third kappa shape index (κ3) is 5.87. The minimum absolute atomic E-state index is 0.600. The number of benzene rings is 7. The van der Waals surface area contributed by atoms with Crippen molar-refractivity contribution in [2.24, 2.45) is 0 Å². The molecular weight excluding hydrogens is 733 g/mol. The van der Waals surface area contributed by atoms with Gasteiger partial charge in [0.05, 0.1) is 33.4 Å². The summed E-state index contributed by atoms with van der Waals surface area (Å²) in [6.45, 7) is 8.65. The standard InChI is InChI=1S/C54H40N6/c1-33-15-21-46-41(27-33)42-28-34(2)16-22-47(42)59(46)50-25-26-55-32-45(50)40-20-19-39(31-51(40)60-48-23-17-35(3)29-43(48)44-30-36(4)18-24-49(44)60)54-57-52(37-11-7-5-8-12-37)56-53(58-54)38-13-9-6-10-14-38/h5-32H,1-4H3. The first-order chi connectivity index (χ1) is 29.4. The van der Waals surface area contributed by atoms with Gasteiger partial charge in [0.25, 0.3) is 0 Å². The van der Waals surface area contributed by atoms with Gasteiger partial charge < -0.3 is 9.13 Å². The van der Waals surface area contributed by atoms with Crippen molar-refractivity contribution in [1.82, 2.24) is 29.1 Å². The van der Waals surface area contributed by atoms with Crippen molar-refractivity contribution in [3.63, 3.8) is 0 Å². The van der Waals surface area contributed by atoms with Gasteiger partial charge in [-0.2, -0.15) is 0 Å². The molecule has 0 fully saturated rings. The third-order valence-corrected chi connectivity index (χ3v) is 11.7.